The monoisotopic (exact) mass is 293 g/mol. The number of hydrogen-bond acceptors (Lipinski definition) is 4. The molecule has 21 heavy (non-hydrogen) atoms. The van der Waals surface area contributed by atoms with E-state index in [0.29, 0.717) is 24.0 Å². The predicted molar refractivity (Wildman–Crippen MR) is 84.3 cm³/mol. The quantitative estimate of drug-likeness (QED) is 0.890. The van der Waals surface area contributed by atoms with Gasteiger partial charge in [-0.25, -0.2) is 0 Å². The lowest BCUT2D eigenvalue weighted by atomic mass is 10.2. The second-order valence-electron chi connectivity index (χ2n) is 5.58. The van der Waals surface area contributed by atoms with Gasteiger partial charge in [-0.05, 0) is 33.4 Å². The van der Waals surface area contributed by atoms with Gasteiger partial charge in [0.1, 0.15) is 5.69 Å². The van der Waals surface area contributed by atoms with Crippen LogP contribution in [0.3, 0.4) is 0 Å². The van der Waals surface area contributed by atoms with Crippen LogP contribution in [0, 0.1) is 6.92 Å². The van der Waals surface area contributed by atoms with Gasteiger partial charge in [0.05, 0.1) is 11.4 Å². The Labute approximate surface area is 126 Å². The highest BCUT2D eigenvalue weighted by atomic mass is 16.2. The number of rotatable bonds is 5. The van der Waals surface area contributed by atoms with Crippen LogP contribution in [0.1, 0.15) is 43.4 Å². The van der Waals surface area contributed by atoms with Crippen LogP contribution in [0.15, 0.2) is 0 Å². The number of carbonyl (C=O) groups is 1. The van der Waals surface area contributed by atoms with E-state index >= 15 is 0 Å². The van der Waals surface area contributed by atoms with Crippen molar-refractivity contribution in [2.24, 2.45) is 0 Å². The van der Waals surface area contributed by atoms with Crippen LogP contribution in [0.5, 0.6) is 0 Å². The summed E-state index contributed by atoms with van der Waals surface area (Å²) in [6.45, 7) is 12.5. The third kappa shape index (κ3) is 2.90. The Morgan fingerprint density at radius 2 is 2.05 bits per heavy atom. The first-order chi connectivity index (χ1) is 10.0. The molecule has 0 saturated carbocycles. The highest BCUT2D eigenvalue weighted by Gasteiger charge is 2.32. The standard InChI is InChI=1S/C15H27N5O/c1-5-18(6-2)12-8-9-19(10-12)15(21)14-13(16)11(4)17-20(14)7-3/h12H,5-10,16H2,1-4H3. The highest BCUT2D eigenvalue weighted by molar-refractivity contribution is 5.98. The number of likely N-dealkylation sites (tertiary alicyclic amines) is 1. The average Bonchev–Trinajstić information content (AvgIpc) is 3.06. The van der Waals surface area contributed by atoms with Crippen molar-refractivity contribution in [2.75, 3.05) is 31.9 Å². The highest BCUT2D eigenvalue weighted by Crippen LogP contribution is 2.22. The van der Waals surface area contributed by atoms with Gasteiger partial charge in [0, 0.05) is 25.7 Å². The fourth-order valence-corrected chi connectivity index (χ4v) is 3.16. The van der Waals surface area contributed by atoms with Crippen molar-refractivity contribution in [1.82, 2.24) is 19.6 Å². The van der Waals surface area contributed by atoms with Gasteiger partial charge in [-0.15, -0.1) is 0 Å². The third-order valence-electron chi connectivity index (χ3n) is 4.46. The fraction of sp³-hybridized carbons (Fsp3) is 0.733. The largest absolute Gasteiger partial charge is 0.395 e. The summed E-state index contributed by atoms with van der Waals surface area (Å²) in [4.78, 5) is 17.1. The Balaban J connectivity index is 2.15. The molecule has 1 aliphatic rings. The Kier molecular flexibility index (Phi) is 4.88. The summed E-state index contributed by atoms with van der Waals surface area (Å²) < 4.78 is 1.72. The van der Waals surface area contributed by atoms with Gasteiger partial charge >= 0.3 is 0 Å². The molecule has 1 atom stereocenters. The molecule has 2 heterocycles. The molecular weight excluding hydrogens is 266 g/mol. The SMILES string of the molecule is CCN(CC)C1CCN(C(=O)c2c(N)c(C)nn2CC)C1. The van der Waals surface area contributed by atoms with Crippen LogP contribution in [0.4, 0.5) is 5.69 Å². The summed E-state index contributed by atoms with van der Waals surface area (Å²) >= 11 is 0. The number of nitrogens with zero attached hydrogens (tertiary/aromatic N) is 4. The molecule has 0 aromatic carbocycles. The number of nitrogens with two attached hydrogens (primary N) is 1. The van der Waals surface area contributed by atoms with E-state index < -0.39 is 0 Å². The van der Waals surface area contributed by atoms with Gasteiger partial charge in [-0.1, -0.05) is 13.8 Å². The number of aromatic nitrogens is 2. The van der Waals surface area contributed by atoms with Gasteiger partial charge < -0.3 is 10.6 Å². The zero-order chi connectivity index (χ0) is 15.6. The minimum atomic E-state index is 0.0182. The number of anilines is 1. The van der Waals surface area contributed by atoms with E-state index in [9.17, 15) is 4.79 Å². The molecule has 0 aliphatic carbocycles. The lowest BCUT2D eigenvalue weighted by molar-refractivity contribution is 0.0767. The smallest absolute Gasteiger partial charge is 0.274 e. The van der Waals surface area contributed by atoms with Crippen molar-refractivity contribution in [3.05, 3.63) is 11.4 Å². The molecule has 1 aromatic rings. The summed E-state index contributed by atoms with van der Waals surface area (Å²) in [6, 6.07) is 0.462. The molecule has 1 saturated heterocycles. The van der Waals surface area contributed by atoms with Crippen LogP contribution < -0.4 is 5.73 Å². The minimum Gasteiger partial charge on any atom is -0.395 e. The lowest BCUT2D eigenvalue weighted by Gasteiger charge is -2.26. The Hall–Kier alpha value is -1.56. The van der Waals surface area contributed by atoms with Crippen LogP contribution >= 0.6 is 0 Å². The first kappa shape index (κ1) is 15.8. The molecule has 1 aromatic heterocycles. The molecule has 1 aliphatic heterocycles. The molecule has 1 amide bonds. The number of hydrogen-bond donors (Lipinski definition) is 1. The van der Waals surface area contributed by atoms with E-state index in [1.54, 1.807) is 4.68 Å². The van der Waals surface area contributed by atoms with Crippen molar-refractivity contribution in [2.45, 2.75) is 46.7 Å². The van der Waals surface area contributed by atoms with E-state index in [1.165, 1.54) is 0 Å². The number of nitrogen functional groups attached to an aromatic ring is 1. The molecule has 2 N–H and O–H groups in total. The summed E-state index contributed by atoms with van der Waals surface area (Å²) in [6.07, 6.45) is 1.03. The second-order valence-corrected chi connectivity index (χ2v) is 5.58. The maximum atomic E-state index is 12.8. The van der Waals surface area contributed by atoms with Crippen molar-refractivity contribution < 1.29 is 4.79 Å². The van der Waals surface area contributed by atoms with Crippen molar-refractivity contribution in [1.29, 1.82) is 0 Å². The molecule has 0 bridgehead atoms. The maximum absolute atomic E-state index is 12.8. The second kappa shape index (κ2) is 6.47. The fourth-order valence-electron chi connectivity index (χ4n) is 3.16. The molecule has 6 heteroatoms. The molecule has 2 rings (SSSR count). The van der Waals surface area contributed by atoms with E-state index in [0.717, 1.165) is 38.3 Å². The molecule has 1 unspecified atom stereocenters. The molecule has 1 fully saturated rings. The lowest BCUT2D eigenvalue weighted by Crippen LogP contribution is -2.39. The summed E-state index contributed by atoms with van der Waals surface area (Å²) in [7, 11) is 0. The zero-order valence-corrected chi connectivity index (χ0v) is 13.6. The van der Waals surface area contributed by atoms with Crippen LogP contribution in [-0.2, 0) is 6.54 Å². The van der Waals surface area contributed by atoms with Gasteiger partial charge in [-0.2, -0.15) is 5.10 Å². The summed E-state index contributed by atoms with van der Waals surface area (Å²) in [5, 5.41) is 4.34. The summed E-state index contributed by atoms with van der Waals surface area (Å²) in [5.74, 6) is 0.0182. The molecular formula is C15H27N5O. The zero-order valence-electron chi connectivity index (χ0n) is 13.6. The van der Waals surface area contributed by atoms with Crippen molar-refractivity contribution in [3.8, 4) is 0 Å². The van der Waals surface area contributed by atoms with Gasteiger partial charge in [0.25, 0.3) is 5.91 Å². The number of carbonyl (C=O) groups excluding carboxylic acids is 1. The van der Waals surface area contributed by atoms with Gasteiger partial charge in [0.2, 0.25) is 0 Å². The van der Waals surface area contributed by atoms with E-state index in [2.05, 4.69) is 23.8 Å². The molecule has 118 valence electrons. The maximum Gasteiger partial charge on any atom is 0.274 e. The van der Waals surface area contributed by atoms with Crippen molar-refractivity contribution >= 4 is 11.6 Å². The minimum absolute atomic E-state index is 0.0182. The average molecular weight is 293 g/mol. The van der Waals surface area contributed by atoms with Crippen LogP contribution in [-0.4, -0.2) is 57.7 Å². The first-order valence-corrected chi connectivity index (χ1v) is 7.89. The van der Waals surface area contributed by atoms with Crippen LogP contribution in [0.2, 0.25) is 0 Å². The van der Waals surface area contributed by atoms with E-state index in [4.69, 9.17) is 5.73 Å². The predicted octanol–water partition coefficient (Wildman–Crippen LogP) is 1.35. The van der Waals surface area contributed by atoms with Crippen molar-refractivity contribution in [3.63, 3.8) is 0 Å². The number of likely N-dealkylation sites (N-methyl/N-ethyl adjacent to an activating group) is 1. The number of aryl methyl sites for hydroxylation is 2. The third-order valence-corrected chi connectivity index (χ3v) is 4.46. The summed E-state index contributed by atoms with van der Waals surface area (Å²) in [5.41, 5.74) is 7.86. The first-order valence-electron chi connectivity index (χ1n) is 7.89. The molecule has 0 radical (unpaired) electrons. The van der Waals surface area contributed by atoms with E-state index in [-0.39, 0.29) is 5.91 Å². The van der Waals surface area contributed by atoms with Gasteiger partial charge in [-0.3, -0.25) is 14.4 Å². The molecule has 0 spiro atoms. The topological polar surface area (TPSA) is 67.4 Å². The Morgan fingerprint density at radius 3 is 2.62 bits per heavy atom. The normalized spacial score (nSPS) is 18.7. The Morgan fingerprint density at radius 1 is 1.38 bits per heavy atom. The van der Waals surface area contributed by atoms with Gasteiger partial charge in [0.15, 0.2) is 0 Å². The van der Waals surface area contributed by atoms with Crippen LogP contribution in [0.25, 0.3) is 0 Å². The van der Waals surface area contributed by atoms with E-state index in [1.807, 2.05) is 18.7 Å². The Bertz CT molecular complexity index is 506. The molecule has 6 nitrogen and oxygen atoms in total. The number of amides is 1.